The molecule has 0 spiro atoms. The standard InChI is InChI=1S/C18H14F5N5O/c19-11-3-4-27(8-11)17(29)25-12-1-2-14(20)13(5-12)15-9-28-7-10(18(21,22)23)6-24-16(28)26-15/h1-2,5-7,9,11H,3-4,8H2,(H,25,29). The lowest BCUT2D eigenvalue weighted by Gasteiger charge is -2.16. The Labute approximate surface area is 161 Å². The third kappa shape index (κ3) is 3.84. The number of urea groups is 1. The lowest BCUT2D eigenvalue weighted by Crippen LogP contribution is -2.33. The molecule has 3 aromatic rings. The van der Waals surface area contributed by atoms with Crippen molar-refractivity contribution in [1.82, 2.24) is 19.3 Å². The van der Waals surface area contributed by atoms with Gasteiger partial charge in [0.2, 0.25) is 5.78 Å². The number of alkyl halides is 4. The molecule has 1 aliphatic heterocycles. The molecule has 29 heavy (non-hydrogen) atoms. The molecule has 0 saturated carbocycles. The van der Waals surface area contributed by atoms with Gasteiger partial charge in [-0.15, -0.1) is 0 Å². The van der Waals surface area contributed by atoms with Gasteiger partial charge in [0, 0.05) is 36.4 Å². The highest BCUT2D eigenvalue weighted by atomic mass is 19.4. The number of imidazole rings is 1. The number of hydrogen-bond donors (Lipinski definition) is 1. The van der Waals surface area contributed by atoms with Gasteiger partial charge >= 0.3 is 12.2 Å². The number of amides is 2. The van der Waals surface area contributed by atoms with Crippen LogP contribution in [0.15, 0.2) is 36.8 Å². The van der Waals surface area contributed by atoms with Gasteiger partial charge in [-0.05, 0) is 24.6 Å². The normalized spacial score (nSPS) is 17.1. The van der Waals surface area contributed by atoms with E-state index in [9.17, 15) is 26.7 Å². The Balaban J connectivity index is 1.63. The molecule has 1 N–H and O–H groups in total. The molecule has 6 nitrogen and oxygen atoms in total. The summed E-state index contributed by atoms with van der Waals surface area (Å²) in [6.45, 7) is 0.264. The van der Waals surface area contributed by atoms with Gasteiger partial charge < -0.3 is 10.2 Å². The first-order chi connectivity index (χ1) is 13.7. The average Bonchev–Trinajstić information content (AvgIpc) is 3.28. The minimum Gasteiger partial charge on any atom is -0.322 e. The van der Waals surface area contributed by atoms with E-state index < -0.39 is 29.8 Å². The van der Waals surface area contributed by atoms with E-state index in [4.69, 9.17) is 0 Å². The van der Waals surface area contributed by atoms with Crippen molar-refractivity contribution in [3.05, 3.63) is 48.2 Å². The summed E-state index contributed by atoms with van der Waals surface area (Å²) in [5, 5.41) is 2.56. The van der Waals surface area contributed by atoms with Crippen LogP contribution in [-0.4, -0.2) is 44.6 Å². The van der Waals surface area contributed by atoms with E-state index in [2.05, 4.69) is 15.3 Å². The van der Waals surface area contributed by atoms with E-state index in [1.807, 2.05) is 0 Å². The van der Waals surface area contributed by atoms with Gasteiger partial charge in [-0.3, -0.25) is 4.40 Å². The van der Waals surface area contributed by atoms with Crippen LogP contribution in [0.2, 0.25) is 0 Å². The Morgan fingerprint density at radius 1 is 1.24 bits per heavy atom. The first-order valence-corrected chi connectivity index (χ1v) is 8.62. The highest BCUT2D eigenvalue weighted by molar-refractivity contribution is 5.90. The van der Waals surface area contributed by atoms with E-state index in [0.29, 0.717) is 6.20 Å². The summed E-state index contributed by atoms with van der Waals surface area (Å²) in [5.41, 5.74) is -0.691. The average molecular weight is 411 g/mol. The number of nitrogens with one attached hydrogen (secondary N) is 1. The maximum Gasteiger partial charge on any atom is 0.419 e. The first kappa shape index (κ1) is 19.1. The molecule has 1 aliphatic rings. The van der Waals surface area contributed by atoms with Gasteiger partial charge in [-0.25, -0.2) is 23.5 Å². The summed E-state index contributed by atoms with van der Waals surface area (Å²) in [6.07, 6.45) is -2.71. The Hall–Kier alpha value is -3.24. The third-order valence-corrected chi connectivity index (χ3v) is 4.55. The number of carbonyl (C=O) groups is 1. The van der Waals surface area contributed by atoms with Crippen molar-refractivity contribution in [2.45, 2.75) is 18.8 Å². The maximum atomic E-state index is 14.3. The molecule has 11 heteroatoms. The quantitative estimate of drug-likeness (QED) is 0.645. The van der Waals surface area contributed by atoms with Crippen LogP contribution >= 0.6 is 0 Å². The molecular formula is C18H14F5N5O. The Kier molecular flexibility index (Phi) is 4.59. The minimum absolute atomic E-state index is 0.0144. The number of fused-ring (bicyclic) bond motifs is 1. The SMILES string of the molecule is O=C(Nc1ccc(F)c(-c2cn3cc(C(F)(F)F)cnc3n2)c1)N1CCC(F)C1. The van der Waals surface area contributed by atoms with Crippen LogP contribution in [0.25, 0.3) is 17.0 Å². The predicted octanol–water partition coefficient (Wildman–Crippen LogP) is 4.13. The predicted molar refractivity (Wildman–Crippen MR) is 93.5 cm³/mol. The third-order valence-electron chi connectivity index (χ3n) is 4.55. The van der Waals surface area contributed by atoms with Crippen LogP contribution in [0.3, 0.4) is 0 Å². The van der Waals surface area contributed by atoms with Gasteiger partial charge in [-0.2, -0.15) is 13.2 Å². The molecule has 152 valence electrons. The smallest absolute Gasteiger partial charge is 0.322 e. The van der Waals surface area contributed by atoms with Gasteiger partial charge in [0.15, 0.2) is 0 Å². The zero-order valence-corrected chi connectivity index (χ0v) is 14.7. The number of halogens is 5. The van der Waals surface area contributed by atoms with Gasteiger partial charge in [0.1, 0.15) is 12.0 Å². The number of aromatic nitrogens is 3. The molecule has 0 aliphatic carbocycles. The van der Waals surface area contributed by atoms with Crippen molar-refractivity contribution in [1.29, 1.82) is 0 Å². The number of carbonyl (C=O) groups excluding carboxylic acids is 1. The second-order valence-electron chi connectivity index (χ2n) is 6.63. The van der Waals surface area contributed by atoms with Crippen LogP contribution < -0.4 is 5.32 Å². The Bertz CT molecular complexity index is 1080. The zero-order chi connectivity index (χ0) is 20.8. The number of nitrogens with zero attached hydrogens (tertiary/aromatic N) is 4. The fourth-order valence-electron chi connectivity index (χ4n) is 3.06. The highest BCUT2D eigenvalue weighted by Crippen LogP contribution is 2.30. The molecule has 4 rings (SSSR count). The second kappa shape index (κ2) is 6.98. The van der Waals surface area contributed by atoms with Crippen molar-refractivity contribution in [2.75, 3.05) is 18.4 Å². The minimum atomic E-state index is -4.57. The van der Waals surface area contributed by atoms with Crippen molar-refractivity contribution in [3.8, 4) is 11.3 Å². The van der Waals surface area contributed by atoms with Crippen molar-refractivity contribution in [2.24, 2.45) is 0 Å². The van der Waals surface area contributed by atoms with E-state index >= 15 is 0 Å². The summed E-state index contributed by atoms with van der Waals surface area (Å²) in [5.74, 6) is -0.708. The molecule has 1 saturated heterocycles. The Morgan fingerprint density at radius 3 is 2.72 bits per heavy atom. The zero-order valence-electron chi connectivity index (χ0n) is 14.7. The Morgan fingerprint density at radius 2 is 2.03 bits per heavy atom. The summed E-state index contributed by atoms with van der Waals surface area (Å²) in [4.78, 5) is 21.2. The number of likely N-dealkylation sites (tertiary alicyclic amines) is 1. The molecule has 2 aromatic heterocycles. The van der Waals surface area contributed by atoms with Crippen LogP contribution in [0.5, 0.6) is 0 Å². The fourth-order valence-corrected chi connectivity index (χ4v) is 3.06. The maximum absolute atomic E-state index is 14.3. The number of anilines is 1. The van der Waals surface area contributed by atoms with E-state index in [1.165, 1.54) is 23.2 Å². The monoisotopic (exact) mass is 411 g/mol. The summed E-state index contributed by atoms with van der Waals surface area (Å²) >= 11 is 0. The lowest BCUT2D eigenvalue weighted by atomic mass is 10.1. The number of hydrogen-bond acceptors (Lipinski definition) is 3. The summed E-state index contributed by atoms with van der Waals surface area (Å²) in [6, 6.07) is 3.22. The lowest BCUT2D eigenvalue weighted by molar-refractivity contribution is -0.138. The van der Waals surface area contributed by atoms with Gasteiger partial charge in [0.05, 0.1) is 17.8 Å². The van der Waals surface area contributed by atoms with Crippen molar-refractivity contribution >= 4 is 17.5 Å². The fraction of sp³-hybridized carbons (Fsp3) is 0.278. The molecule has 2 amide bonds. The molecule has 0 bridgehead atoms. The summed E-state index contributed by atoms with van der Waals surface area (Å²) < 4.78 is 67.1. The van der Waals surface area contributed by atoms with Gasteiger partial charge in [-0.1, -0.05) is 0 Å². The van der Waals surface area contributed by atoms with E-state index in [-0.39, 0.29) is 42.2 Å². The van der Waals surface area contributed by atoms with Crippen LogP contribution in [0.1, 0.15) is 12.0 Å². The van der Waals surface area contributed by atoms with E-state index in [0.717, 1.165) is 16.7 Å². The van der Waals surface area contributed by atoms with Crippen molar-refractivity contribution < 1.29 is 26.7 Å². The van der Waals surface area contributed by atoms with Crippen molar-refractivity contribution in [3.63, 3.8) is 0 Å². The highest BCUT2D eigenvalue weighted by Gasteiger charge is 2.31. The second-order valence-corrected chi connectivity index (χ2v) is 6.63. The van der Waals surface area contributed by atoms with Crippen LogP contribution in [-0.2, 0) is 6.18 Å². The largest absolute Gasteiger partial charge is 0.419 e. The molecule has 1 atom stereocenters. The molecule has 0 radical (unpaired) electrons. The number of benzene rings is 1. The molecular weight excluding hydrogens is 397 g/mol. The number of rotatable bonds is 2. The van der Waals surface area contributed by atoms with Crippen LogP contribution in [0.4, 0.5) is 32.4 Å². The van der Waals surface area contributed by atoms with Gasteiger partial charge in [0.25, 0.3) is 0 Å². The molecule has 1 fully saturated rings. The van der Waals surface area contributed by atoms with Crippen LogP contribution in [0, 0.1) is 5.82 Å². The topological polar surface area (TPSA) is 62.5 Å². The molecule has 1 unspecified atom stereocenters. The molecule has 3 heterocycles. The summed E-state index contributed by atoms with van der Waals surface area (Å²) in [7, 11) is 0. The van der Waals surface area contributed by atoms with E-state index in [1.54, 1.807) is 0 Å². The molecule has 1 aromatic carbocycles. The first-order valence-electron chi connectivity index (χ1n) is 8.62.